The van der Waals surface area contributed by atoms with Crippen LogP contribution < -0.4 is 169 Å². The second-order valence-corrected chi connectivity index (χ2v) is 4.36. The van der Waals surface area contributed by atoms with Crippen molar-refractivity contribution in [3.05, 3.63) is 24.3 Å². The molecule has 0 aliphatic carbocycles. The van der Waals surface area contributed by atoms with Crippen LogP contribution in [-0.2, 0) is 22.2 Å². The molecule has 0 saturated carbocycles. The number of aromatic nitrogens is 4. The van der Waals surface area contributed by atoms with Crippen LogP contribution in [0, 0.1) is 0 Å². The van der Waals surface area contributed by atoms with E-state index in [9.17, 15) is 19.8 Å². The van der Waals surface area contributed by atoms with Crippen LogP contribution in [0.25, 0.3) is 5.69 Å². The number of hydrogen-bond acceptors (Lipinski definition) is 9. The molecule has 0 amide bonds. The topological polar surface area (TPSA) is 127 Å². The van der Waals surface area contributed by atoms with Gasteiger partial charge in [-0.05, 0) is 28.6 Å². The number of anilines is 1. The first kappa shape index (κ1) is 28.4. The van der Waals surface area contributed by atoms with E-state index in [4.69, 9.17) is 12.6 Å². The van der Waals surface area contributed by atoms with Crippen LogP contribution in [0.5, 0.6) is 0 Å². The van der Waals surface area contributed by atoms with Gasteiger partial charge in [-0.15, -0.1) is 5.10 Å². The summed E-state index contributed by atoms with van der Waals surface area (Å²) >= 11 is 4.92. The molecular formula is C11H8K3N5O4S. The summed E-state index contributed by atoms with van der Waals surface area (Å²) in [5, 5.41) is 32.2. The van der Waals surface area contributed by atoms with Gasteiger partial charge in [-0.3, -0.25) is 0 Å². The molecule has 0 unspecified atom stereocenters. The van der Waals surface area contributed by atoms with Crippen molar-refractivity contribution in [1.82, 2.24) is 20.2 Å². The van der Waals surface area contributed by atoms with E-state index in [1.165, 1.54) is 10.7 Å². The number of carboxylic acid groups (broad SMARTS) is 2. The van der Waals surface area contributed by atoms with Crippen molar-refractivity contribution in [3.63, 3.8) is 0 Å². The Hall–Kier alpha value is 2.16. The number of carboxylic acids is 2. The molecule has 0 aliphatic rings. The Morgan fingerprint density at radius 1 is 1.12 bits per heavy atom. The fourth-order valence-corrected chi connectivity index (χ4v) is 1.89. The van der Waals surface area contributed by atoms with E-state index < -0.39 is 25.0 Å². The molecule has 0 bridgehead atoms. The molecule has 0 aliphatic heterocycles. The fourth-order valence-electron chi connectivity index (χ4n) is 1.71. The van der Waals surface area contributed by atoms with Gasteiger partial charge in [0.2, 0.25) is 0 Å². The zero-order valence-electron chi connectivity index (χ0n) is 13.5. The molecule has 9 nitrogen and oxygen atoms in total. The number of carbonyl (C=O) groups excluding carboxylic acids is 2. The van der Waals surface area contributed by atoms with Crippen LogP contribution in [0.4, 0.5) is 5.69 Å². The van der Waals surface area contributed by atoms with Gasteiger partial charge in [0.15, 0.2) is 0 Å². The molecule has 24 heavy (non-hydrogen) atoms. The summed E-state index contributed by atoms with van der Waals surface area (Å²) in [5.41, 5.74) is 0.815. The number of tetrazole rings is 1. The smallest absolute Gasteiger partial charge is 0.738 e. The van der Waals surface area contributed by atoms with Crippen LogP contribution in [0.3, 0.4) is 0 Å². The average molecular weight is 424 g/mol. The molecule has 1 aromatic carbocycles. The predicted molar refractivity (Wildman–Crippen MR) is 67.0 cm³/mol. The molecule has 2 rings (SSSR count). The molecule has 0 N–H and O–H groups in total. The minimum absolute atomic E-state index is 0. The summed E-state index contributed by atoms with van der Waals surface area (Å²) in [6.45, 7) is -1.18. The second kappa shape index (κ2) is 14.2. The standard InChI is InChI=1S/C11H11N5O4S.3K/c17-9(18)5-15(6-10(19)20)7-2-1-3-8(4-7)16-11(21)12-13-14-16;;;/h1-4H,5-6H2,(H,17,18)(H,19,20)(H,12,14,21);;;/q;3*+1/p-3. The maximum absolute atomic E-state index is 10.7. The van der Waals surface area contributed by atoms with Crippen molar-refractivity contribution in [3.8, 4) is 5.69 Å². The fraction of sp³-hybridized carbons (Fsp3) is 0.182. The maximum atomic E-state index is 10.7. The van der Waals surface area contributed by atoms with Gasteiger partial charge in [0.05, 0.1) is 30.7 Å². The summed E-state index contributed by atoms with van der Waals surface area (Å²) in [6.07, 6.45) is 0. The normalized spacial score (nSPS) is 9.00. The Morgan fingerprint density at radius 2 is 1.71 bits per heavy atom. The molecule has 110 valence electrons. The third-order valence-electron chi connectivity index (χ3n) is 2.52. The summed E-state index contributed by atoms with van der Waals surface area (Å²) in [5.74, 6) is -2.82. The third-order valence-corrected chi connectivity index (χ3v) is 2.77. The Morgan fingerprint density at radius 3 is 2.17 bits per heavy atom. The van der Waals surface area contributed by atoms with Crippen molar-refractivity contribution in [2.75, 3.05) is 18.0 Å². The Bertz CT molecular complexity index is 671. The molecule has 0 atom stereocenters. The van der Waals surface area contributed by atoms with Gasteiger partial charge in [-0.1, -0.05) is 6.07 Å². The van der Waals surface area contributed by atoms with Gasteiger partial charge in [0.25, 0.3) is 0 Å². The Kier molecular flexibility index (Phi) is 16.8. The van der Waals surface area contributed by atoms with Gasteiger partial charge in [0, 0.05) is 10.8 Å². The number of rotatable bonds is 6. The molecule has 0 saturated heterocycles. The first-order valence-corrected chi connectivity index (χ1v) is 6.08. The van der Waals surface area contributed by atoms with E-state index in [0.717, 1.165) is 4.90 Å². The maximum Gasteiger partial charge on any atom is 1.00 e. The zero-order valence-corrected chi connectivity index (χ0v) is 23.7. The van der Waals surface area contributed by atoms with Crippen LogP contribution >= 0.6 is 0 Å². The predicted octanol–water partition coefficient (Wildman–Crippen LogP) is -12.1. The average Bonchev–Trinajstić information content (AvgIpc) is 2.83. The minimum Gasteiger partial charge on any atom is -0.738 e. The first-order valence-electron chi connectivity index (χ1n) is 5.68. The van der Waals surface area contributed by atoms with Gasteiger partial charge in [0.1, 0.15) is 0 Å². The quantitative estimate of drug-likeness (QED) is 0.329. The van der Waals surface area contributed by atoms with E-state index in [1.54, 1.807) is 18.2 Å². The molecule has 2 aromatic rings. The Labute approximate surface area is 271 Å². The number of carbonyl (C=O) groups is 2. The number of aliphatic carboxylic acids is 2. The summed E-state index contributed by atoms with van der Waals surface area (Å²) in [4.78, 5) is 22.5. The van der Waals surface area contributed by atoms with Crippen molar-refractivity contribution >= 4 is 30.3 Å². The van der Waals surface area contributed by atoms with Crippen molar-refractivity contribution in [2.45, 2.75) is 5.16 Å². The first-order chi connectivity index (χ1) is 9.97. The van der Waals surface area contributed by atoms with Gasteiger partial charge < -0.3 is 37.3 Å². The van der Waals surface area contributed by atoms with E-state index in [-0.39, 0.29) is 159 Å². The van der Waals surface area contributed by atoms with Crippen LogP contribution in [0.2, 0.25) is 0 Å². The third kappa shape index (κ3) is 8.90. The number of hydrogen-bond donors (Lipinski definition) is 0. The van der Waals surface area contributed by atoms with Gasteiger partial charge >= 0.3 is 154 Å². The molecular weight excluding hydrogens is 416 g/mol. The van der Waals surface area contributed by atoms with Crippen LogP contribution in [0.15, 0.2) is 29.4 Å². The van der Waals surface area contributed by atoms with Gasteiger partial charge in [-0.2, -0.15) is 0 Å². The molecule has 13 heteroatoms. The van der Waals surface area contributed by atoms with E-state index in [1.807, 2.05) is 0 Å². The minimum atomic E-state index is -1.41. The van der Waals surface area contributed by atoms with E-state index >= 15 is 0 Å². The van der Waals surface area contributed by atoms with Crippen LogP contribution in [-0.4, -0.2) is 45.2 Å². The second-order valence-electron chi connectivity index (χ2n) is 3.99. The van der Waals surface area contributed by atoms with E-state index in [0.29, 0.717) is 11.4 Å². The Balaban J connectivity index is 0. The molecule has 0 fully saturated rings. The SMILES string of the molecule is O=C([O-])CN(CC(=O)[O-])c1cccc(-n2nnnc2[S-])c1.[K+].[K+].[K+]. The van der Waals surface area contributed by atoms with Crippen molar-refractivity contribution in [1.29, 1.82) is 0 Å². The van der Waals surface area contributed by atoms with Gasteiger partial charge in [-0.25, -0.2) is 4.68 Å². The van der Waals surface area contributed by atoms with Crippen LogP contribution in [0.1, 0.15) is 0 Å². The molecule has 0 spiro atoms. The molecule has 0 radical (unpaired) electrons. The zero-order chi connectivity index (χ0) is 15.4. The summed E-state index contributed by atoms with van der Waals surface area (Å²) in [7, 11) is 0. The monoisotopic (exact) mass is 423 g/mol. The van der Waals surface area contributed by atoms with E-state index in [2.05, 4.69) is 15.5 Å². The largest absolute Gasteiger partial charge is 1.00 e. The summed E-state index contributed by atoms with van der Waals surface area (Å²) in [6, 6.07) is 6.30. The van der Waals surface area contributed by atoms with Crippen molar-refractivity contribution in [2.24, 2.45) is 0 Å². The molecule has 1 aromatic heterocycles. The number of benzene rings is 1. The number of nitrogens with zero attached hydrogens (tertiary/aromatic N) is 5. The molecule has 1 heterocycles. The van der Waals surface area contributed by atoms with Crippen molar-refractivity contribution < 1.29 is 174 Å². The summed E-state index contributed by atoms with van der Waals surface area (Å²) < 4.78 is 1.26.